The van der Waals surface area contributed by atoms with Gasteiger partial charge < -0.3 is 10.2 Å². The minimum absolute atomic E-state index is 0.0134. The fourth-order valence-electron chi connectivity index (χ4n) is 3.71. The maximum Gasteiger partial charge on any atom is 0.261 e. The van der Waals surface area contributed by atoms with Crippen LogP contribution in [0.1, 0.15) is 37.0 Å². The van der Waals surface area contributed by atoms with Crippen molar-refractivity contribution in [2.24, 2.45) is 5.92 Å². The van der Waals surface area contributed by atoms with Gasteiger partial charge in [0.15, 0.2) is 0 Å². The molecule has 0 saturated carbocycles. The molecule has 8 heteroatoms. The number of carbonyl (C=O) groups is 1. The number of anilines is 1. The van der Waals surface area contributed by atoms with E-state index in [0.29, 0.717) is 17.2 Å². The number of benzene rings is 2. The highest BCUT2D eigenvalue weighted by Gasteiger charge is 2.19. The Morgan fingerprint density at radius 3 is 2.47 bits per heavy atom. The summed E-state index contributed by atoms with van der Waals surface area (Å²) in [6.07, 6.45) is 2.45. The van der Waals surface area contributed by atoms with Crippen molar-refractivity contribution in [3.8, 4) is 0 Å². The van der Waals surface area contributed by atoms with Crippen LogP contribution in [0.15, 0.2) is 53.4 Å². The van der Waals surface area contributed by atoms with Gasteiger partial charge in [-0.05, 0) is 80.8 Å². The van der Waals surface area contributed by atoms with Gasteiger partial charge in [0.25, 0.3) is 15.9 Å². The van der Waals surface area contributed by atoms with Crippen LogP contribution in [0.3, 0.4) is 0 Å². The Morgan fingerprint density at radius 1 is 1.17 bits per heavy atom. The predicted molar refractivity (Wildman–Crippen MR) is 115 cm³/mol. The van der Waals surface area contributed by atoms with Crippen molar-refractivity contribution >= 4 is 21.6 Å². The van der Waals surface area contributed by atoms with Gasteiger partial charge in [0.1, 0.15) is 5.82 Å². The van der Waals surface area contributed by atoms with Crippen LogP contribution in [0.5, 0.6) is 0 Å². The van der Waals surface area contributed by atoms with Gasteiger partial charge in [-0.1, -0.05) is 6.92 Å². The molecule has 1 heterocycles. The molecule has 6 nitrogen and oxygen atoms in total. The fraction of sp³-hybridized carbons (Fsp3) is 0.409. The van der Waals surface area contributed by atoms with E-state index >= 15 is 0 Å². The van der Waals surface area contributed by atoms with Gasteiger partial charge in [-0.15, -0.1) is 0 Å². The second-order valence-corrected chi connectivity index (χ2v) is 9.70. The van der Waals surface area contributed by atoms with E-state index in [0.717, 1.165) is 31.8 Å². The lowest BCUT2D eigenvalue weighted by Crippen LogP contribution is -2.45. The molecule has 30 heavy (non-hydrogen) atoms. The van der Waals surface area contributed by atoms with Gasteiger partial charge in [-0.3, -0.25) is 9.52 Å². The van der Waals surface area contributed by atoms with Crippen molar-refractivity contribution in [3.63, 3.8) is 0 Å². The Balaban J connectivity index is 1.56. The quantitative estimate of drug-likeness (QED) is 0.701. The zero-order valence-electron chi connectivity index (χ0n) is 17.3. The Kier molecular flexibility index (Phi) is 7.10. The molecule has 0 bridgehead atoms. The first-order valence-electron chi connectivity index (χ1n) is 10.1. The molecule has 0 aromatic heterocycles. The molecule has 1 aliphatic heterocycles. The average molecular weight is 434 g/mol. The summed E-state index contributed by atoms with van der Waals surface area (Å²) in [6.45, 7) is 7.17. The maximum absolute atomic E-state index is 13.0. The smallest absolute Gasteiger partial charge is 0.261 e. The summed E-state index contributed by atoms with van der Waals surface area (Å²) in [4.78, 5) is 14.9. The third-order valence-corrected chi connectivity index (χ3v) is 6.57. The minimum atomic E-state index is -3.83. The number of halogens is 1. The number of sulfonamides is 1. The molecular formula is C22H28FN3O3S. The summed E-state index contributed by atoms with van der Waals surface area (Å²) in [5, 5.41) is 3.00. The first kappa shape index (κ1) is 22.2. The minimum Gasteiger partial charge on any atom is -0.348 e. The number of piperidine rings is 1. The molecule has 1 saturated heterocycles. The highest BCUT2D eigenvalue weighted by Crippen LogP contribution is 2.18. The molecule has 1 fully saturated rings. The number of hydrogen-bond donors (Lipinski definition) is 2. The fourth-order valence-corrected chi connectivity index (χ4v) is 4.77. The molecule has 1 aliphatic rings. The predicted octanol–water partition coefficient (Wildman–Crippen LogP) is 3.48. The molecule has 2 unspecified atom stereocenters. The molecule has 2 aromatic carbocycles. The number of carbonyl (C=O) groups excluding carboxylic acids is 1. The standard InChI is InChI=1S/C22H28FN3O3S/c1-16-4-3-13-26(14-16)15-17(2)24-22(27)18-5-9-20(10-6-18)25-30(28,29)21-11-7-19(23)8-12-21/h5-12,16-17,25H,3-4,13-15H2,1-2H3,(H,24,27). The van der Waals surface area contributed by atoms with Crippen molar-refractivity contribution < 1.29 is 17.6 Å². The normalized spacial score (nSPS) is 18.6. The van der Waals surface area contributed by atoms with Gasteiger partial charge in [0.05, 0.1) is 4.90 Å². The van der Waals surface area contributed by atoms with Crippen LogP contribution in [0, 0.1) is 11.7 Å². The van der Waals surface area contributed by atoms with E-state index in [1.165, 1.54) is 37.1 Å². The summed E-state index contributed by atoms with van der Waals surface area (Å²) < 4.78 is 40.2. The highest BCUT2D eigenvalue weighted by atomic mass is 32.2. The molecule has 0 spiro atoms. The molecule has 0 radical (unpaired) electrons. The Hall–Kier alpha value is -2.45. The van der Waals surface area contributed by atoms with Crippen LogP contribution in [-0.2, 0) is 10.0 Å². The largest absolute Gasteiger partial charge is 0.348 e. The SMILES string of the molecule is CC1CCCN(CC(C)NC(=O)c2ccc(NS(=O)(=O)c3ccc(F)cc3)cc2)C1. The average Bonchev–Trinajstić information content (AvgIpc) is 2.68. The van der Waals surface area contributed by atoms with Crippen LogP contribution < -0.4 is 10.0 Å². The summed E-state index contributed by atoms with van der Waals surface area (Å²) in [6, 6.07) is 10.8. The third kappa shape index (κ3) is 6.03. The van der Waals surface area contributed by atoms with E-state index in [4.69, 9.17) is 0 Å². The van der Waals surface area contributed by atoms with Crippen LogP contribution in [0.25, 0.3) is 0 Å². The van der Waals surface area contributed by atoms with Gasteiger partial charge >= 0.3 is 0 Å². The second kappa shape index (κ2) is 9.57. The van der Waals surface area contributed by atoms with Crippen LogP contribution >= 0.6 is 0 Å². The van der Waals surface area contributed by atoms with E-state index < -0.39 is 15.8 Å². The number of hydrogen-bond acceptors (Lipinski definition) is 4. The summed E-state index contributed by atoms with van der Waals surface area (Å²) in [5.41, 5.74) is 0.782. The molecule has 0 aliphatic carbocycles. The van der Waals surface area contributed by atoms with Crippen molar-refractivity contribution in [2.45, 2.75) is 37.6 Å². The lowest BCUT2D eigenvalue weighted by atomic mass is 10.00. The molecule has 3 rings (SSSR count). The van der Waals surface area contributed by atoms with E-state index in [1.54, 1.807) is 12.1 Å². The van der Waals surface area contributed by atoms with Crippen LogP contribution in [0.2, 0.25) is 0 Å². The monoisotopic (exact) mass is 433 g/mol. The van der Waals surface area contributed by atoms with Gasteiger partial charge in [0, 0.05) is 30.4 Å². The molecule has 2 N–H and O–H groups in total. The molecule has 1 amide bonds. The van der Waals surface area contributed by atoms with Crippen molar-refractivity contribution in [2.75, 3.05) is 24.4 Å². The van der Waals surface area contributed by atoms with Gasteiger partial charge in [-0.2, -0.15) is 0 Å². The highest BCUT2D eigenvalue weighted by molar-refractivity contribution is 7.92. The topological polar surface area (TPSA) is 78.5 Å². The van der Waals surface area contributed by atoms with Crippen LogP contribution in [0.4, 0.5) is 10.1 Å². The Bertz CT molecular complexity index is 962. The Morgan fingerprint density at radius 2 is 1.83 bits per heavy atom. The summed E-state index contributed by atoms with van der Waals surface area (Å²) in [5.74, 6) is -0.0123. The third-order valence-electron chi connectivity index (χ3n) is 5.17. The summed E-state index contributed by atoms with van der Waals surface area (Å²) >= 11 is 0. The zero-order chi connectivity index (χ0) is 21.7. The van der Waals surface area contributed by atoms with Crippen LogP contribution in [-0.4, -0.2) is 44.9 Å². The first-order valence-corrected chi connectivity index (χ1v) is 11.6. The molecule has 162 valence electrons. The lowest BCUT2D eigenvalue weighted by Gasteiger charge is -2.32. The first-order chi connectivity index (χ1) is 14.2. The summed E-state index contributed by atoms with van der Waals surface area (Å²) in [7, 11) is -3.83. The van der Waals surface area contributed by atoms with E-state index in [9.17, 15) is 17.6 Å². The molecule has 2 aromatic rings. The number of nitrogens with one attached hydrogen (secondary N) is 2. The number of likely N-dealkylation sites (tertiary alicyclic amines) is 1. The number of amides is 1. The van der Waals surface area contributed by atoms with E-state index in [1.807, 2.05) is 6.92 Å². The van der Waals surface area contributed by atoms with Crippen molar-refractivity contribution in [3.05, 3.63) is 59.9 Å². The van der Waals surface area contributed by atoms with E-state index in [2.05, 4.69) is 21.9 Å². The van der Waals surface area contributed by atoms with E-state index in [-0.39, 0.29) is 16.8 Å². The van der Waals surface area contributed by atoms with Gasteiger partial charge in [-0.25, -0.2) is 12.8 Å². The maximum atomic E-state index is 13.0. The van der Waals surface area contributed by atoms with Crippen molar-refractivity contribution in [1.29, 1.82) is 0 Å². The Labute approximate surface area is 177 Å². The molecular weight excluding hydrogens is 405 g/mol. The number of rotatable bonds is 7. The number of nitrogens with zero attached hydrogens (tertiary/aromatic N) is 1. The lowest BCUT2D eigenvalue weighted by molar-refractivity contribution is 0.0920. The van der Waals surface area contributed by atoms with Crippen molar-refractivity contribution in [1.82, 2.24) is 10.2 Å². The van der Waals surface area contributed by atoms with Gasteiger partial charge in [0.2, 0.25) is 0 Å². The zero-order valence-corrected chi connectivity index (χ0v) is 18.1. The molecule has 2 atom stereocenters. The second-order valence-electron chi connectivity index (χ2n) is 8.02.